The molecule has 0 unspecified atom stereocenters. The normalized spacial score (nSPS) is 12.3. The van der Waals surface area contributed by atoms with E-state index in [0.717, 1.165) is 6.54 Å². The van der Waals surface area contributed by atoms with Crippen molar-refractivity contribution in [3.63, 3.8) is 0 Å². The van der Waals surface area contributed by atoms with Crippen LogP contribution in [0.15, 0.2) is 0 Å². The van der Waals surface area contributed by atoms with Gasteiger partial charge >= 0.3 is 0 Å². The number of hydrogen-bond donors (Lipinski definition) is 1. The molecule has 0 spiro atoms. The molecule has 2 N–H and O–H groups in total. The Bertz CT molecular complexity index is 212. The molecule has 0 aromatic rings. The van der Waals surface area contributed by atoms with Crippen molar-refractivity contribution in [3.05, 3.63) is 0 Å². The van der Waals surface area contributed by atoms with Gasteiger partial charge in [0.25, 0.3) is 0 Å². The van der Waals surface area contributed by atoms with Gasteiger partial charge in [-0.2, -0.15) is 0 Å². The summed E-state index contributed by atoms with van der Waals surface area (Å²) in [6, 6.07) is 0. The van der Waals surface area contributed by atoms with Gasteiger partial charge in [-0.3, -0.25) is 0 Å². The Morgan fingerprint density at radius 2 is 1.69 bits per heavy atom. The fourth-order valence-electron chi connectivity index (χ4n) is 1.01. The molecule has 4 nitrogen and oxygen atoms in total. The van der Waals surface area contributed by atoms with E-state index in [9.17, 15) is 8.42 Å². The van der Waals surface area contributed by atoms with Crippen LogP contribution < -0.4 is 5.73 Å². The van der Waals surface area contributed by atoms with Gasteiger partial charge in [0.2, 0.25) is 0 Å². The lowest BCUT2D eigenvalue weighted by Gasteiger charge is -2.08. The SMILES string of the molecule is CN(C)CCCS(=O)(=O)CCCN. The summed E-state index contributed by atoms with van der Waals surface area (Å²) in [5.41, 5.74) is 5.24. The molecule has 0 amide bonds. The molecule has 0 fully saturated rings. The topological polar surface area (TPSA) is 63.4 Å². The van der Waals surface area contributed by atoms with Crippen LogP contribution >= 0.6 is 0 Å². The molecule has 13 heavy (non-hydrogen) atoms. The maximum absolute atomic E-state index is 11.3. The summed E-state index contributed by atoms with van der Waals surface area (Å²) in [5, 5.41) is 0. The van der Waals surface area contributed by atoms with Gasteiger partial charge in [0.1, 0.15) is 9.84 Å². The van der Waals surface area contributed by atoms with E-state index < -0.39 is 9.84 Å². The lowest BCUT2D eigenvalue weighted by Crippen LogP contribution is -2.19. The van der Waals surface area contributed by atoms with E-state index in [-0.39, 0.29) is 11.5 Å². The van der Waals surface area contributed by atoms with E-state index in [4.69, 9.17) is 5.73 Å². The summed E-state index contributed by atoms with van der Waals surface area (Å²) in [5.74, 6) is 0.516. The zero-order valence-electron chi connectivity index (χ0n) is 8.49. The van der Waals surface area contributed by atoms with Crippen LogP contribution in [0.2, 0.25) is 0 Å². The summed E-state index contributed by atoms with van der Waals surface area (Å²) in [4.78, 5) is 1.98. The van der Waals surface area contributed by atoms with Crippen LogP contribution in [0.1, 0.15) is 12.8 Å². The second kappa shape index (κ2) is 6.34. The van der Waals surface area contributed by atoms with Gasteiger partial charge in [-0.05, 0) is 40.0 Å². The molecule has 0 atom stereocenters. The molecule has 5 heteroatoms. The predicted molar refractivity (Wildman–Crippen MR) is 55.5 cm³/mol. The number of nitrogens with zero attached hydrogens (tertiary/aromatic N) is 1. The lowest BCUT2D eigenvalue weighted by atomic mass is 10.5. The molecule has 0 radical (unpaired) electrons. The van der Waals surface area contributed by atoms with Gasteiger partial charge in [0, 0.05) is 0 Å². The first-order valence-electron chi connectivity index (χ1n) is 4.53. The Hall–Kier alpha value is -0.130. The van der Waals surface area contributed by atoms with Gasteiger partial charge in [0.05, 0.1) is 11.5 Å². The number of hydrogen-bond acceptors (Lipinski definition) is 4. The highest BCUT2D eigenvalue weighted by Crippen LogP contribution is 1.96. The Morgan fingerprint density at radius 1 is 1.15 bits per heavy atom. The summed E-state index contributed by atoms with van der Waals surface area (Å²) in [6.45, 7) is 1.27. The molecule has 0 heterocycles. The van der Waals surface area contributed by atoms with Crippen LogP contribution in [0, 0.1) is 0 Å². The van der Waals surface area contributed by atoms with Crippen LogP contribution in [0.5, 0.6) is 0 Å². The van der Waals surface area contributed by atoms with Crippen LogP contribution in [0.4, 0.5) is 0 Å². The molecular weight excluding hydrogens is 188 g/mol. The lowest BCUT2D eigenvalue weighted by molar-refractivity contribution is 0.408. The van der Waals surface area contributed by atoms with Crippen molar-refractivity contribution >= 4 is 9.84 Å². The minimum absolute atomic E-state index is 0.233. The molecule has 80 valence electrons. The summed E-state index contributed by atoms with van der Waals surface area (Å²) < 4.78 is 22.6. The minimum Gasteiger partial charge on any atom is -0.330 e. The van der Waals surface area contributed by atoms with Crippen molar-refractivity contribution in [2.24, 2.45) is 5.73 Å². The highest BCUT2D eigenvalue weighted by molar-refractivity contribution is 7.91. The third-order valence-electron chi connectivity index (χ3n) is 1.72. The minimum atomic E-state index is -2.85. The molecule has 0 bridgehead atoms. The first-order valence-corrected chi connectivity index (χ1v) is 6.35. The summed E-state index contributed by atoms with van der Waals surface area (Å²) in [6.07, 6.45) is 1.28. The Balaban J connectivity index is 3.64. The molecular formula is C8H20N2O2S. The quantitative estimate of drug-likeness (QED) is 0.624. The van der Waals surface area contributed by atoms with Crippen molar-refractivity contribution < 1.29 is 8.42 Å². The number of rotatable bonds is 7. The Kier molecular flexibility index (Phi) is 6.28. The largest absolute Gasteiger partial charge is 0.330 e. The van der Waals surface area contributed by atoms with E-state index in [1.807, 2.05) is 19.0 Å². The highest BCUT2D eigenvalue weighted by Gasteiger charge is 2.09. The average molecular weight is 208 g/mol. The van der Waals surface area contributed by atoms with Crippen LogP contribution in [-0.4, -0.2) is 52.0 Å². The number of nitrogens with two attached hydrogens (primary N) is 1. The van der Waals surface area contributed by atoms with Crippen molar-refractivity contribution in [2.75, 3.05) is 38.7 Å². The fraction of sp³-hybridized carbons (Fsp3) is 1.00. The highest BCUT2D eigenvalue weighted by atomic mass is 32.2. The standard InChI is InChI=1S/C8H20N2O2S/c1-10(2)6-4-8-13(11,12)7-3-5-9/h3-9H2,1-2H3. The molecule has 0 aromatic carbocycles. The number of sulfone groups is 1. The average Bonchev–Trinajstić information content (AvgIpc) is 2.00. The zero-order valence-corrected chi connectivity index (χ0v) is 9.31. The van der Waals surface area contributed by atoms with Crippen molar-refractivity contribution in [2.45, 2.75) is 12.8 Å². The molecule has 0 saturated heterocycles. The third-order valence-corrected chi connectivity index (χ3v) is 3.54. The van der Waals surface area contributed by atoms with Gasteiger partial charge in [-0.25, -0.2) is 8.42 Å². The zero-order chi connectivity index (χ0) is 10.3. The van der Waals surface area contributed by atoms with Crippen LogP contribution in [0.3, 0.4) is 0 Å². The fourth-order valence-corrected chi connectivity index (χ4v) is 2.39. The van der Waals surface area contributed by atoms with Gasteiger partial charge in [-0.15, -0.1) is 0 Å². The van der Waals surface area contributed by atoms with E-state index in [2.05, 4.69) is 0 Å². The van der Waals surface area contributed by atoms with Crippen LogP contribution in [0.25, 0.3) is 0 Å². The second-order valence-electron chi connectivity index (χ2n) is 3.45. The van der Waals surface area contributed by atoms with E-state index in [1.165, 1.54) is 0 Å². The molecule has 0 aliphatic rings. The molecule has 0 saturated carbocycles. The second-order valence-corrected chi connectivity index (χ2v) is 5.75. The Morgan fingerprint density at radius 3 is 2.15 bits per heavy atom. The van der Waals surface area contributed by atoms with Crippen LogP contribution in [-0.2, 0) is 9.84 Å². The smallest absolute Gasteiger partial charge is 0.150 e. The molecule has 0 rings (SSSR count). The van der Waals surface area contributed by atoms with Crippen molar-refractivity contribution in [1.82, 2.24) is 4.90 Å². The van der Waals surface area contributed by atoms with Gasteiger partial charge in [0.15, 0.2) is 0 Å². The van der Waals surface area contributed by atoms with E-state index in [0.29, 0.717) is 19.4 Å². The summed E-state index contributed by atoms with van der Waals surface area (Å²) >= 11 is 0. The van der Waals surface area contributed by atoms with E-state index >= 15 is 0 Å². The van der Waals surface area contributed by atoms with Crippen molar-refractivity contribution in [1.29, 1.82) is 0 Å². The maximum Gasteiger partial charge on any atom is 0.150 e. The molecule has 0 aliphatic heterocycles. The van der Waals surface area contributed by atoms with E-state index in [1.54, 1.807) is 0 Å². The first kappa shape index (κ1) is 12.9. The molecule has 0 aliphatic carbocycles. The first-order chi connectivity index (χ1) is 5.98. The molecule has 0 aromatic heterocycles. The van der Waals surface area contributed by atoms with Gasteiger partial charge < -0.3 is 10.6 Å². The third kappa shape index (κ3) is 8.21. The van der Waals surface area contributed by atoms with Gasteiger partial charge in [-0.1, -0.05) is 0 Å². The maximum atomic E-state index is 11.3. The van der Waals surface area contributed by atoms with Crippen molar-refractivity contribution in [3.8, 4) is 0 Å². The predicted octanol–water partition coefficient (Wildman–Crippen LogP) is -0.298. The monoisotopic (exact) mass is 208 g/mol. The summed E-state index contributed by atoms with van der Waals surface area (Å²) in [7, 11) is 1.03. The Labute approximate surface area is 81.0 Å².